The van der Waals surface area contributed by atoms with Gasteiger partial charge >= 0.3 is 0 Å². The van der Waals surface area contributed by atoms with Crippen molar-refractivity contribution in [3.8, 4) is 0 Å². The number of aromatic amines is 1. The van der Waals surface area contributed by atoms with Crippen LogP contribution in [-0.2, 0) is 17.8 Å². The van der Waals surface area contributed by atoms with Crippen molar-refractivity contribution in [2.45, 2.75) is 19.9 Å². The van der Waals surface area contributed by atoms with Gasteiger partial charge in [0, 0.05) is 0 Å². The number of H-pyrrole nitrogens is 1. The smallest absolute Gasteiger partial charge is 0.239 e. The van der Waals surface area contributed by atoms with Crippen molar-refractivity contribution in [2.24, 2.45) is 0 Å². The van der Waals surface area contributed by atoms with Crippen LogP contribution in [0.3, 0.4) is 0 Å². The summed E-state index contributed by atoms with van der Waals surface area (Å²) in [5.41, 5.74) is 6.51. The minimum absolute atomic E-state index is 0.112. The molecule has 19 heavy (non-hydrogen) atoms. The molecule has 0 unspecified atom stereocenters. The number of rotatable bonds is 4. The zero-order valence-electron chi connectivity index (χ0n) is 10.4. The van der Waals surface area contributed by atoms with Crippen molar-refractivity contribution in [2.75, 3.05) is 5.73 Å². The van der Waals surface area contributed by atoms with Crippen LogP contribution in [0.2, 0.25) is 0 Å². The van der Waals surface area contributed by atoms with Gasteiger partial charge in [-0.25, -0.2) is 4.39 Å². The van der Waals surface area contributed by atoms with Crippen molar-refractivity contribution >= 4 is 11.9 Å². The first kappa shape index (κ1) is 13.0. The number of nitrogens with two attached hydrogens (primary N) is 1. The van der Waals surface area contributed by atoms with E-state index in [9.17, 15) is 9.18 Å². The summed E-state index contributed by atoms with van der Waals surface area (Å²) in [5.74, 6) is 0.0670. The molecular weight excluding hydrogens is 249 g/mol. The lowest BCUT2D eigenvalue weighted by Gasteiger charge is -2.04. The Hall–Kier alpha value is -2.44. The highest BCUT2D eigenvalue weighted by atomic mass is 19.1. The third-order valence-corrected chi connectivity index (χ3v) is 2.60. The SMILES string of the molecule is Cc1ccc(CC(=O)NCc2nc(N)n[nH]2)cc1F. The van der Waals surface area contributed by atoms with E-state index in [0.29, 0.717) is 17.0 Å². The van der Waals surface area contributed by atoms with Crippen LogP contribution in [0, 0.1) is 12.7 Å². The first-order chi connectivity index (χ1) is 9.04. The minimum atomic E-state index is -0.312. The summed E-state index contributed by atoms with van der Waals surface area (Å²) in [5, 5.41) is 8.87. The molecule has 0 aliphatic carbocycles. The summed E-state index contributed by atoms with van der Waals surface area (Å²) >= 11 is 0. The predicted octanol–water partition coefficient (Wildman–Crippen LogP) is 0.693. The number of nitrogens with zero attached hydrogens (tertiary/aromatic N) is 2. The van der Waals surface area contributed by atoms with Crippen LogP contribution in [0.4, 0.5) is 10.3 Å². The highest BCUT2D eigenvalue weighted by molar-refractivity contribution is 5.78. The molecule has 2 rings (SSSR count). The standard InChI is InChI=1S/C12H14FN5O/c1-7-2-3-8(4-9(7)13)5-11(19)15-6-10-16-12(14)18-17-10/h2-4H,5-6H2,1H3,(H,15,19)(H3,14,16,17,18). The Labute approximate surface area is 109 Å². The number of carbonyl (C=O) groups excluding carboxylic acids is 1. The molecule has 0 aliphatic rings. The van der Waals surface area contributed by atoms with Crippen molar-refractivity contribution in [1.82, 2.24) is 20.5 Å². The zero-order chi connectivity index (χ0) is 13.8. The van der Waals surface area contributed by atoms with Crippen LogP contribution >= 0.6 is 0 Å². The van der Waals surface area contributed by atoms with E-state index in [-0.39, 0.29) is 30.6 Å². The summed E-state index contributed by atoms with van der Waals surface area (Å²) in [6, 6.07) is 4.74. The second kappa shape index (κ2) is 5.47. The van der Waals surface area contributed by atoms with Gasteiger partial charge in [0.15, 0.2) is 0 Å². The van der Waals surface area contributed by atoms with Gasteiger partial charge in [-0.3, -0.25) is 9.89 Å². The quantitative estimate of drug-likeness (QED) is 0.756. The second-order valence-corrected chi connectivity index (χ2v) is 4.18. The number of carbonyl (C=O) groups is 1. The third-order valence-electron chi connectivity index (χ3n) is 2.60. The van der Waals surface area contributed by atoms with E-state index in [1.807, 2.05) is 0 Å². The Bertz CT molecular complexity index is 596. The number of halogens is 1. The van der Waals surface area contributed by atoms with Gasteiger partial charge in [-0.15, -0.1) is 5.10 Å². The lowest BCUT2D eigenvalue weighted by atomic mass is 10.1. The van der Waals surface area contributed by atoms with Gasteiger partial charge in [-0.05, 0) is 24.1 Å². The van der Waals surface area contributed by atoms with Crippen LogP contribution in [0.5, 0.6) is 0 Å². The maximum Gasteiger partial charge on any atom is 0.239 e. The van der Waals surface area contributed by atoms with E-state index in [2.05, 4.69) is 20.5 Å². The summed E-state index contributed by atoms with van der Waals surface area (Å²) in [6.07, 6.45) is 0.112. The van der Waals surface area contributed by atoms with Gasteiger partial charge in [0.2, 0.25) is 11.9 Å². The maximum absolute atomic E-state index is 13.3. The molecule has 0 saturated carbocycles. The van der Waals surface area contributed by atoms with Gasteiger partial charge < -0.3 is 11.1 Å². The lowest BCUT2D eigenvalue weighted by Crippen LogP contribution is -2.25. The van der Waals surface area contributed by atoms with Gasteiger partial charge in [-0.2, -0.15) is 4.98 Å². The molecule has 1 aromatic carbocycles. The normalized spacial score (nSPS) is 10.4. The Morgan fingerprint density at radius 2 is 2.32 bits per heavy atom. The number of aromatic nitrogens is 3. The first-order valence-corrected chi connectivity index (χ1v) is 5.73. The fraction of sp³-hybridized carbons (Fsp3) is 0.250. The molecule has 0 bridgehead atoms. The molecule has 1 amide bonds. The first-order valence-electron chi connectivity index (χ1n) is 5.73. The van der Waals surface area contributed by atoms with Crippen LogP contribution in [0.15, 0.2) is 18.2 Å². The Balaban J connectivity index is 1.88. The highest BCUT2D eigenvalue weighted by Crippen LogP contribution is 2.09. The molecule has 0 fully saturated rings. The van der Waals surface area contributed by atoms with Crippen molar-refractivity contribution in [1.29, 1.82) is 0 Å². The average molecular weight is 263 g/mol. The van der Waals surface area contributed by atoms with E-state index < -0.39 is 0 Å². The topological polar surface area (TPSA) is 96.7 Å². The number of hydrogen-bond donors (Lipinski definition) is 3. The van der Waals surface area contributed by atoms with Gasteiger partial charge in [0.25, 0.3) is 0 Å². The van der Waals surface area contributed by atoms with E-state index in [1.165, 1.54) is 6.07 Å². The van der Waals surface area contributed by atoms with E-state index in [1.54, 1.807) is 19.1 Å². The minimum Gasteiger partial charge on any atom is -0.367 e. The Morgan fingerprint density at radius 3 is 2.95 bits per heavy atom. The zero-order valence-corrected chi connectivity index (χ0v) is 10.4. The number of hydrogen-bond acceptors (Lipinski definition) is 4. The van der Waals surface area contributed by atoms with Gasteiger partial charge in [0.05, 0.1) is 13.0 Å². The molecule has 1 heterocycles. The fourth-order valence-electron chi connectivity index (χ4n) is 1.57. The molecule has 0 atom stereocenters. The molecule has 6 nitrogen and oxygen atoms in total. The van der Waals surface area contributed by atoms with Crippen LogP contribution in [0.25, 0.3) is 0 Å². The molecule has 100 valence electrons. The summed E-state index contributed by atoms with van der Waals surface area (Å²) < 4.78 is 13.3. The molecule has 4 N–H and O–H groups in total. The Kier molecular flexibility index (Phi) is 3.74. The maximum atomic E-state index is 13.3. The largest absolute Gasteiger partial charge is 0.367 e. The third kappa shape index (κ3) is 3.51. The van der Waals surface area contributed by atoms with Gasteiger partial charge in [0.1, 0.15) is 11.6 Å². The van der Waals surface area contributed by atoms with E-state index >= 15 is 0 Å². The van der Waals surface area contributed by atoms with Gasteiger partial charge in [-0.1, -0.05) is 12.1 Å². The van der Waals surface area contributed by atoms with Crippen LogP contribution in [0.1, 0.15) is 17.0 Å². The molecule has 0 saturated heterocycles. The number of anilines is 1. The molecule has 0 aliphatic heterocycles. The number of nitrogen functional groups attached to an aromatic ring is 1. The number of amides is 1. The lowest BCUT2D eigenvalue weighted by molar-refractivity contribution is -0.120. The fourth-order valence-corrected chi connectivity index (χ4v) is 1.57. The second-order valence-electron chi connectivity index (χ2n) is 4.18. The molecule has 0 radical (unpaired) electrons. The summed E-state index contributed by atoms with van der Waals surface area (Å²) in [6.45, 7) is 1.88. The number of benzene rings is 1. The molecule has 2 aromatic rings. The highest BCUT2D eigenvalue weighted by Gasteiger charge is 2.07. The van der Waals surface area contributed by atoms with E-state index in [0.717, 1.165) is 0 Å². The van der Waals surface area contributed by atoms with Crippen molar-refractivity contribution < 1.29 is 9.18 Å². The summed E-state index contributed by atoms with van der Waals surface area (Å²) in [4.78, 5) is 15.5. The Morgan fingerprint density at radius 1 is 1.53 bits per heavy atom. The number of nitrogens with one attached hydrogen (secondary N) is 2. The summed E-state index contributed by atoms with van der Waals surface area (Å²) in [7, 11) is 0. The molecular formula is C12H14FN5O. The molecule has 0 spiro atoms. The molecule has 1 aromatic heterocycles. The van der Waals surface area contributed by atoms with E-state index in [4.69, 9.17) is 5.73 Å². The average Bonchev–Trinajstić information content (AvgIpc) is 2.77. The molecule has 7 heteroatoms. The monoisotopic (exact) mass is 263 g/mol. The van der Waals surface area contributed by atoms with Crippen molar-refractivity contribution in [3.63, 3.8) is 0 Å². The van der Waals surface area contributed by atoms with Crippen LogP contribution < -0.4 is 11.1 Å². The van der Waals surface area contributed by atoms with Crippen LogP contribution in [-0.4, -0.2) is 21.1 Å². The number of aryl methyl sites for hydroxylation is 1. The predicted molar refractivity (Wildman–Crippen MR) is 67.5 cm³/mol. The van der Waals surface area contributed by atoms with Crippen molar-refractivity contribution in [3.05, 3.63) is 41.0 Å².